The highest BCUT2D eigenvalue weighted by Gasteiger charge is 2.16. The molecule has 0 aromatic heterocycles. The molecule has 0 saturated carbocycles. The first kappa shape index (κ1) is 16.3. The topological polar surface area (TPSA) is 72.2 Å². The van der Waals surface area contributed by atoms with Crippen LogP contribution in [0.1, 0.15) is 11.1 Å². The number of nitrogens with two attached hydrogens (primary N) is 1. The van der Waals surface area contributed by atoms with Crippen molar-refractivity contribution in [3.05, 3.63) is 57.0 Å². The average molecular weight is 390 g/mol. The number of nitrogens with one attached hydrogen (secondary N) is 1. The zero-order valence-corrected chi connectivity index (χ0v) is 14.4. The lowest BCUT2D eigenvalue weighted by molar-refractivity contribution is 0.601. The molecule has 7 heteroatoms. The molecule has 2 aromatic rings. The Kier molecular flexibility index (Phi) is 4.93. The van der Waals surface area contributed by atoms with E-state index in [1.54, 1.807) is 18.2 Å². The molecule has 3 N–H and O–H groups in total. The van der Waals surface area contributed by atoms with Gasteiger partial charge in [0.25, 0.3) is 10.0 Å². The predicted molar refractivity (Wildman–Crippen MR) is 89.0 cm³/mol. The summed E-state index contributed by atoms with van der Waals surface area (Å²) in [7, 11) is -3.69. The first-order valence-electron chi connectivity index (χ1n) is 6.11. The number of rotatable bonds is 4. The highest BCUT2D eigenvalue weighted by molar-refractivity contribution is 9.10. The van der Waals surface area contributed by atoms with Gasteiger partial charge in [0.15, 0.2) is 0 Å². The summed E-state index contributed by atoms with van der Waals surface area (Å²) in [6.07, 6.45) is 0. The molecule has 0 aliphatic carbocycles. The highest BCUT2D eigenvalue weighted by atomic mass is 79.9. The van der Waals surface area contributed by atoms with E-state index < -0.39 is 10.0 Å². The van der Waals surface area contributed by atoms with Gasteiger partial charge < -0.3 is 5.73 Å². The number of hydrogen-bond donors (Lipinski definition) is 2. The van der Waals surface area contributed by atoms with Gasteiger partial charge in [0.05, 0.1) is 4.90 Å². The first-order valence-corrected chi connectivity index (χ1v) is 8.76. The second kappa shape index (κ2) is 6.36. The van der Waals surface area contributed by atoms with Gasteiger partial charge in [0, 0.05) is 21.7 Å². The molecule has 2 rings (SSSR count). The standard InChI is InChI=1S/C14H14BrClN2O2S/c1-9-2-4-11(6-13(9)15)18-21(19,20)12-5-3-10(8-17)14(16)7-12/h2-7,18H,8,17H2,1H3. The largest absolute Gasteiger partial charge is 0.326 e. The molecule has 0 atom stereocenters. The number of benzene rings is 2. The van der Waals surface area contributed by atoms with Crippen LogP contribution in [-0.4, -0.2) is 8.42 Å². The van der Waals surface area contributed by atoms with Gasteiger partial charge in [-0.15, -0.1) is 0 Å². The number of halogens is 2. The summed E-state index contributed by atoms with van der Waals surface area (Å²) in [5.41, 5.74) is 7.71. The highest BCUT2D eigenvalue weighted by Crippen LogP contribution is 2.25. The fourth-order valence-electron chi connectivity index (χ4n) is 1.73. The second-order valence-corrected chi connectivity index (χ2v) is 7.47. The lowest BCUT2D eigenvalue weighted by Gasteiger charge is -2.10. The second-order valence-electron chi connectivity index (χ2n) is 4.53. The van der Waals surface area contributed by atoms with Crippen molar-refractivity contribution in [2.24, 2.45) is 5.73 Å². The van der Waals surface area contributed by atoms with E-state index in [9.17, 15) is 8.42 Å². The van der Waals surface area contributed by atoms with E-state index in [2.05, 4.69) is 20.7 Å². The number of sulfonamides is 1. The minimum absolute atomic E-state index is 0.0985. The molecule has 2 aromatic carbocycles. The molecular formula is C14H14BrClN2O2S. The maximum atomic E-state index is 12.3. The Hall–Kier alpha value is -1.08. The Morgan fingerprint density at radius 2 is 1.95 bits per heavy atom. The fraction of sp³-hybridized carbons (Fsp3) is 0.143. The van der Waals surface area contributed by atoms with E-state index in [0.29, 0.717) is 16.3 Å². The van der Waals surface area contributed by atoms with Crippen LogP contribution in [-0.2, 0) is 16.6 Å². The third-order valence-electron chi connectivity index (χ3n) is 2.98. The van der Waals surface area contributed by atoms with Gasteiger partial charge in [-0.1, -0.05) is 39.7 Å². The van der Waals surface area contributed by atoms with Gasteiger partial charge in [-0.25, -0.2) is 8.42 Å². The SMILES string of the molecule is Cc1ccc(NS(=O)(=O)c2ccc(CN)c(Cl)c2)cc1Br. The lowest BCUT2D eigenvalue weighted by Crippen LogP contribution is -2.13. The van der Waals surface area contributed by atoms with Crippen molar-refractivity contribution in [3.8, 4) is 0 Å². The molecule has 0 amide bonds. The third kappa shape index (κ3) is 3.77. The first-order chi connectivity index (χ1) is 9.83. The zero-order valence-electron chi connectivity index (χ0n) is 11.2. The summed E-state index contributed by atoms with van der Waals surface area (Å²) < 4.78 is 28.0. The minimum atomic E-state index is -3.69. The van der Waals surface area contributed by atoms with Crippen molar-refractivity contribution in [3.63, 3.8) is 0 Å². The van der Waals surface area contributed by atoms with Crippen molar-refractivity contribution in [1.29, 1.82) is 0 Å². The molecule has 0 spiro atoms. The molecule has 21 heavy (non-hydrogen) atoms. The van der Waals surface area contributed by atoms with Crippen LogP contribution in [0.15, 0.2) is 45.8 Å². The van der Waals surface area contributed by atoms with Crippen molar-refractivity contribution in [1.82, 2.24) is 0 Å². The van der Waals surface area contributed by atoms with Crippen LogP contribution in [0, 0.1) is 6.92 Å². The smallest absolute Gasteiger partial charge is 0.261 e. The Balaban J connectivity index is 2.33. The summed E-state index contributed by atoms with van der Waals surface area (Å²) in [4.78, 5) is 0.0985. The Morgan fingerprint density at radius 1 is 1.24 bits per heavy atom. The minimum Gasteiger partial charge on any atom is -0.326 e. The van der Waals surface area contributed by atoms with Crippen molar-refractivity contribution >= 4 is 43.2 Å². The van der Waals surface area contributed by atoms with Crippen LogP contribution < -0.4 is 10.5 Å². The van der Waals surface area contributed by atoms with Crippen LogP contribution in [0.4, 0.5) is 5.69 Å². The summed E-state index contributed by atoms with van der Waals surface area (Å²) in [6, 6.07) is 9.74. The van der Waals surface area contributed by atoms with Crippen LogP contribution in [0.5, 0.6) is 0 Å². The van der Waals surface area contributed by atoms with Crippen LogP contribution in [0.2, 0.25) is 5.02 Å². The molecule has 0 unspecified atom stereocenters. The van der Waals surface area contributed by atoms with Crippen molar-refractivity contribution in [2.75, 3.05) is 4.72 Å². The lowest BCUT2D eigenvalue weighted by atomic mass is 10.2. The third-order valence-corrected chi connectivity index (χ3v) is 5.56. The molecule has 0 aliphatic heterocycles. The van der Waals surface area contributed by atoms with E-state index in [1.165, 1.54) is 12.1 Å². The normalized spacial score (nSPS) is 11.4. The Bertz CT molecular complexity index is 779. The van der Waals surface area contributed by atoms with Crippen molar-refractivity contribution < 1.29 is 8.42 Å². The van der Waals surface area contributed by atoms with E-state index in [-0.39, 0.29) is 11.4 Å². The zero-order chi connectivity index (χ0) is 15.6. The maximum Gasteiger partial charge on any atom is 0.261 e. The molecule has 0 fully saturated rings. The van der Waals surface area contributed by atoms with Gasteiger partial charge in [-0.05, 0) is 42.3 Å². The van der Waals surface area contributed by atoms with Crippen LogP contribution in [0.25, 0.3) is 0 Å². The maximum absolute atomic E-state index is 12.3. The van der Waals surface area contributed by atoms with E-state index in [4.69, 9.17) is 17.3 Å². The summed E-state index contributed by atoms with van der Waals surface area (Å²) >= 11 is 9.38. The predicted octanol–water partition coefficient (Wildman–Crippen LogP) is 3.67. The summed E-state index contributed by atoms with van der Waals surface area (Å²) in [5.74, 6) is 0. The molecular weight excluding hydrogens is 376 g/mol. The molecule has 112 valence electrons. The quantitative estimate of drug-likeness (QED) is 0.838. The molecule has 0 bridgehead atoms. The number of anilines is 1. The van der Waals surface area contributed by atoms with Gasteiger partial charge in [-0.3, -0.25) is 4.72 Å². The molecule has 0 radical (unpaired) electrons. The average Bonchev–Trinajstić information content (AvgIpc) is 2.42. The van der Waals surface area contributed by atoms with E-state index in [1.807, 2.05) is 13.0 Å². The number of aryl methyl sites for hydroxylation is 1. The van der Waals surface area contributed by atoms with Crippen molar-refractivity contribution in [2.45, 2.75) is 18.4 Å². The monoisotopic (exact) mass is 388 g/mol. The fourth-order valence-corrected chi connectivity index (χ4v) is 3.51. The van der Waals surface area contributed by atoms with E-state index >= 15 is 0 Å². The van der Waals surface area contributed by atoms with E-state index in [0.717, 1.165) is 10.0 Å². The summed E-state index contributed by atoms with van der Waals surface area (Å²) in [5, 5.41) is 0.338. The molecule has 0 heterocycles. The Morgan fingerprint density at radius 3 is 2.52 bits per heavy atom. The van der Waals surface area contributed by atoms with Gasteiger partial charge in [0.1, 0.15) is 0 Å². The molecule has 0 aliphatic rings. The molecule has 0 saturated heterocycles. The molecule has 4 nitrogen and oxygen atoms in total. The summed E-state index contributed by atoms with van der Waals surface area (Å²) in [6.45, 7) is 2.19. The Labute approximate surface area is 137 Å². The van der Waals surface area contributed by atoms with Gasteiger partial charge in [0.2, 0.25) is 0 Å². The van der Waals surface area contributed by atoms with Gasteiger partial charge in [-0.2, -0.15) is 0 Å². The van der Waals surface area contributed by atoms with Crippen LogP contribution in [0.3, 0.4) is 0 Å². The number of hydrogen-bond acceptors (Lipinski definition) is 3. The van der Waals surface area contributed by atoms with Gasteiger partial charge >= 0.3 is 0 Å². The van der Waals surface area contributed by atoms with Crippen LogP contribution >= 0.6 is 27.5 Å².